The van der Waals surface area contributed by atoms with Crippen molar-refractivity contribution < 1.29 is 13.6 Å². The lowest BCUT2D eigenvalue weighted by Gasteiger charge is -2.09. The Morgan fingerprint density at radius 3 is 2.40 bits per heavy atom. The van der Waals surface area contributed by atoms with Crippen molar-refractivity contribution in [3.63, 3.8) is 0 Å². The van der Waals surface area contributed by atoms with Gasteiger partial charge in [0.25, 0.3) is 0 Å². The lowest BCUT2D eigenvalue weighted by Crippen LogP contribution is -2.22. The standard InChI is InChI=1S/C14H11BrF2N2O/c15-12-3-1-2-4-13(12)19-14(20)8-18-11-6-9(16)5-10(17)7-11/h1-7,18H,8H2,(H,19,20). The van der Waals surface area contributed by atoms with Gasteiger partial charge in [-0.3, -0.25) is 4.79 Å². The Morgan fingerprint density at radius 1 is 1.10 bits per heavy atom. The molecule has 0 spiro atoms. The van der Waals surface area contributed by atoms with Crippen LogP contribution >= 0.6 is 15.9 Å². The first kappa shape index (κ1) is 14.5. The number of para-hydroxylation sites is 1. The molecule has 0 atom stereocenters. The van der Waals surface area contributed by atoms with Crippen LogP contribution in [0.15, 0.2) is 46.9 Å². The van der Waals surface area contributed by atoms with E-state index in [9.17, 15) is 13.6 Å². The van der Waals surface area contributed by atoms with E-state index in [1.165, 1.54) is 0 Å². The molecule has 0 bridgehead atoms. The van der Waals surface area contributed by atoms with Crippen molar-refractivity contribution in [1.29, 1.82) is 0 Å². The molecule has 2 rings (SSSR count). The first-order valence-corrected chi connectivity index (χ1v) is 6.58. The van der Waals surface area contributed by atoms with Gasteiger partial charge in [0.1, 0.15) is 11.6 Å². The van der Waals surface area contributed by atoms with Gasteiger partial charge in [-0.05, 0) is 40.2 Å². The third-order valence-corrected chi connectivity index (χ3v) is 3.16. The van der Waals surface area contributed by atoms with Crippen molar-refractivity contribution in [3.8, 4) is 0 Å². The summed E-state index contributed by atoms with van der Waals surface area (Å²) in [6.07, 6.45) is 0. The molecule has 1 amide bonds. The van der Waals surface area contributed by atoms with Gasteiger partial charge in [0.05, 0.1) is 12.2 Å². The molecule has 0 fully saturated rings. The molecule has 2 aromatic rings. The summed E-state index contributed by atoms with van der Waals surface area (Å²) in [6.45, 7) is -0.0930. The SMILES string of the molecule is O=C(CNc1cc(F)cc(F)c1)Nc1ccccc1Br. The van der Waals surface area contributed by atoms with Gasteiger partial charge in [-0.1, -0.05) is 12.1 Å². The van der Waals surface area contributed by atoms with Gasteiger partial charge in [0.15, 0.2) is 0 Å². The van der Waals surface area contributed by atoms with Gasteiger partial charge in [0.2, 0.25) is 5.91 Å². The number of benzene rings is 2. The normalized spacial score (nSPS) is 10.2. The van der Waals surface area contributed by atoms with Crippen LogP contribution in [0.1, 0.15) is 0 Å². The predicted octanol–water partition coefficient (Wildman–Crippen LogP) is 3.78. The highest BCUT2D eigenvalue weighted by molar-refractivity contribution is 9.10. The Hall–Kier alpha value is -1.95. The van der Waals surface area contributed by atoms with Crippen LogP contribution in [0, 0.1) is 11.6 Å². The molecule has 2 aromatic carbocycles. The van der Waals surface area contributed by atoms with Gasteiger partial charge < -0.3 is 10.6 Å². The lowest BCUT2D eigenvalue weighted by molar-refractivity contribution is -0.114. The molecule has 0 saturated carbocycles. The van der Waals surface area contributed by atoms with Crippen LogP contribution < -0.4 is 10.6 Å². The summed E-state index contributed by atoms with van der Waals surface area (Å²) < 4.78 is 26.7. The third-order valence-electron chi connectivity index (χ3n) is 2.46. The van der Waals surface area contributed by atoms with Gasteiger partial charge in [0, 0.05) is 16.2 Å². The minimum absolute atomic E-state index is 0.0930. The molecule has 0 aliphatic carbocycles. The summed E-state index contributed by atoms with van der Waals surface area (Å²) in [5, 5.41) is 5.33. The minimum atomic E-state index is -0.696. The van der Waals surface area contributed by atoms with E-state index >= 15 is 0 Å². The number of hydrogen-bond acceptors (Lipinski definition) is 2. The van der Waals surface area contributed by atoms with Crippen LogP contribution in [0.4, 0.5) is 20.2 Å². The van der Waals surface area contributed by atoms with Crippen LogP contribution in [-0.2, 0) is 4.79 Å². The molecule has 104 valence electrons. The molecule has 20 heavy (non-hydrogen) atoms. The van der Waals surface area contributed by atoms with Gasteiger partial charge in [-0.15, -0.1) is 0 Å². The highest BCUT2D eigenvalue weighted by Gasteiger charge is 2.06. The second-order valence-electron chi connectivity index (χ2n) is 4.04. The molecule has 0 heterocycles. The van der Waals surface area contributed by atoms with Crippen molar-refractivity contribution >= 4 is 33.2 Å². The molecular weight excluding hydrogens is 330 g/mol. The fourth-order valence-corrected chi connectivity index (χ4v) is 1.98. The zero-order chi connectivity index (χ0) is 14.5. The van der Waals surface area contributed by atoms with Crippen molar-refractivity contribution in [3.05, 3.63) is 58.6 Å². The predicted molar refractivity (Wildman–Crippen MR) is 77.6 cm³/mol. The quantitative estimate of drug-likeness (QED) is 0.889. The van der Waals surface area contributed by atoms with Gasteiger partial charge >= 0.3 is 0 Å². The molecule has 0 radical (unpaired) electrons. The minimum Gasteiger partial charge on any atom is -0.376 e. The highest BCUT2D eigenvalue weighted by Crippen LogP contribution is 2.21. The topological polar surface area (TPSA) is 41.1 Å². The molecule has 0 aliphatic heterocycles. The first-order valence-electron chi connectivity index (χ1n) is 5.79. The van der Waals surface area contributed by atoms with Gasteiger partial charge in [-0.25, -0.2) is 8.78 Å². The summed E-state index contributed by atoms with van der Waals surface area (Å²) in [4.78, 5) is 11.7. The Balaban J connectivity index is 1.94. The van der Waals surface area contributed by atoms with E-state index in [4.69, 9.17) is 0 Å². The molecule has 3 nitrogen and oxygen atoms in total. The molecular formula is C14H11BrF2N2O. The third kappa shape index (κ3) is 4.03. The molecule has 0 unspecified atom stereocenters. The van der Waals surface area contributed by atoms with Crippen molar-refractivity contribution in [2.24, 2.45) is 0 Å². The fourth-order valence-electron chi connectivity index (χ4n) is 1.60. The largest absolute Gasteiger partial charge is 0.376 e. The number of carbonyl (C=O) groups is 1. The second-order valence-corrected chi connectivity index (χ2v) is 4.89. The van der Waals surface area contributed by atoms with Crippen LogP contribution in [-0.4, -0.2) is 12.5 Å². The Labute approximate surface area is 123 Å². The average molecular weight is 341 g/mol. The number of nitrogens with one attached hydrogen (secondary N) is 2. The van der Waals surface area contributed by atoms with E-state index in [2.05, 4.69) is 26.6 Å². The Kier molecular flexibility index (Phi) is 4.68. The first-order chi connectivity index (χ1) is 9.54. The smallest absolute Gasteiger partial charge is 0.243 e. The summed E-state index contributed by atoms with van der Waals surface area (Å²) in [7, 11) is 0. The highest BCUT2D eigenvalue weighted by atomic mass is 79.9. The van der Waals surface area contributed by atoms with Crippen molar-refractivity contribution in [2.75, 3.05) is 17.2 Å². The summed E-state index contributed by atoms with van der Waals surface area (Å²) in [5.74, 6) is -1.71. The fraction of sp³-hybridized carbons (Fsp3) is 0.0714. The molecule has 2 N–H and O–H groups in total. The van der Waals surface area contributed by atoms with E-state index in [1.54, 1.807) is 18.2 Å². The van der Waals surface area contributed by atoms with Gasteiger partial charge in [-0.2, -0.15) is 0 Å². The van der Waals surface area contributed by atoms with Crippen molar-refractivity contribution in [2.45, 2.75) is 0 Å². The van der Waals surface area contributed by atoms with Crippen LogP contribution in [0.3, 0.4) is 0 Å². The van der Waals surface area contributed by atoms with Crippen LogP contribution in [0.5, 0.6) is 0 Å². The van der Waals surface area contributed by atoms with E-state index in [0.717, 1.165) is 22.7 Å². The molecule has 0 aromatic heterocycles. The summed E-state index contributed by atoms with van der Waals surface area (Å²) >= 11 is 3.31. The maximum absolute atomic E-state index is 13.0. The zero-order valence-electron chi connectivity index (χ0n) is 10.3. The van der Waals surface area contributed by atoms with E-state index in [0.29, 0.717) is 5.69 Å². The van der Waals surface area contributed by atoms with E-state index in [1.807, 2.05) is 6.07 Å². The maximum atomic E-state index is 13.0. The van der Waals surface area contributed by atoms with E-state index < -0.39 is 11.6 Å². The number of anilines is 2. The number of amides is 1. The van der Waals surface area contributed by atoms with Crippen LogP contribution in [0.25, 0.3) is 0 Å². The maximum Gasteiger partial charge on any atom is 0.243 e. The number of carbonyl (C=O) groups excluding carboxylic acids is 1. The van der Waals surface area contributed by atoms with Crippen LogP contribution in [0.2, 0.25) is 0 Å². The monoisotopic (exact) mass is 340 g/mol. The lowest BCUT2D eigenvalue weighted by atomic mass is 10.3. The molecule has 6 heteroatoms. The number of hydrogen-bond donors (Lipinski definition) is 2. The number of halogens is 3. The Morgan fingerprint density at radius 2 is 1.75 bits per heavy atom. The molecule has 0 saturated heterocycles. The summed E-state index contributed by atoms with van der Waals surface area (Å²) in [6, 6.07) is 10.2. The summed E-state index contributed by atoms with van der Waals surface area (Å²) in [5.41, 5.74) is 0.842. The Bertz CT molecular complexity index is 614. The molecule has 0 aliphatic rings. The average Bonchev–Trinajstić information content (AvgIpc) is 2.38. The second kappa shape index (κ2) is 6.47. The number of rotatable bonds is 4. The van der Waals surface area contributed by atoms with E-state index in [-0.39, 0.29) is 18.1 Å². The van der Waals surface area contributed by atoms with Crippen molar-refractivity contribution in [1.82, 2.24) is 0 Å². The zero-order valence-corrected chi connectivity index (χ0v) is 11.9.